The van der Waals surface area contributed by atoms with Crippen LogP contribution in [-0.4, -0.2) is 75.0 Å². The van der Waals surface area contributed by atoms with Crippen LogP contribution in [0.2, 0.25) is 0 Å². The van der Waals surface area contributed by atoms with Gasteiger partial charge in [-0.3, -0.25) is 9.69 Å². The fourth-order valence-electron chi connectivity index (χ4n) is 4.36. The molecule has 2 rings (SSSR count). The van der Waals surface area contributed by atoms with Crippen LogP contribution in [0.5, 0.6) is 0 Å². The minimum Gasteiger partial charge on any atom is -0.468 e. The van der Waals surface area contributed by atoms with Gasteiger partial charge in [0.2, 0.25) is 0 Å². The van der Waals surface area contributed by atoms with Gasteiger partial charge in [0.15, 0.2) is 0 Å². The number of esters is 1. The highest BCUT2D eigenvalue weighted by Crippen LogP contribution is 2.26. The van der Waals surface area contributed by atoms with E-state index in [4.69, 9.17) is 4.74 Å². The Kier molecular flexibility index (Phi) is 10.0. The van der Waals surface area contributed by atoms with Crippen LogP contribution in [0.3, 0.4) is 0 Å². The number of likely N-dealkylation sites (N-methyl/N-ethyl adjacent to an activating group) is 1. The molecule has 0 bridgehead atoms. The van der Waals surface area contributed by atoms with E-state index in [9.17, 15) is 14.3 Å². The summed E-state index contributed by atoms with van der Waals surface area (Å²) in [4.78, 5) is 14.4. The van der Waals surface area contributed by atoms with Crippen molar-refractivity contribution in [3.63, 3.8) is 0 Å². The molecular weight excluding hydrogens is 373 g/mol. The van der Waals surface area contributed by atoms with E-state index in [-0.39, 0.29) is 18.5 Å². The lowest BCUT2D eigenvalue weighted by Gasteiger charge is -2.39. The molecule has 29 heavy (non-hydrogen) atoms. The molecule has 3 N–H and O–H groups in total. The van der Waals surface area contributed by atoms with E-state index in [2.05, 4.69) is 15.5 Å². The molecule has 7 heteroatoms. The van der Waals surface area contributed by atoms with Gasteiger partial charge in [-0.1, -0.05) is 25.0 Å². The van der Waals surface area contributed by atoms with Crippen molar-refractivity contribution >= 4 is 5.97 Å². The molecular formula is C22H36FN3O3. The smallest absolute Gasteiger partial charge is 0.325 e. The van der Waals surface area contributed by atoms with Crippen molar-refractivity contribution in [3.8, 4) is 0 Å². The lowest BCUT2D eigenvalue weighted by molar-refractivity contribution is -0.149. The van der Waals surface area contributed by atoms with E-state index in [0.29, 0.717) is 31.5 Å². The first-order valence-electron chi connectivity index (χ1n) is 10.5. The van der Waals surface area contributed by atoms with Crippen molar-refractivity contribution in [2.45, 2.75) is 50.2 Å². The average molecular weight is 410 g/mol. The van der Waals surface area contributed by atoms with E-state index in [0.717, 1.165) is 18.4 Å². The zero-order valence-corrected chi connectivity index (χ0v) is 17.9. The number of halogens is 1. The molecule has 1 aliphatic rings. The average Bonchev–Trinajstić information content (AvgIpc) is 2.75. The van der Waals surface area contributed by atoms with Crippen LogP contribution in [0.1, 0.15) is 31.2 Å². The summed E-state index contributed by atoms with van der Waals surface area (Å²) in [6.07, 6.45) is 5.33. The number of carbonyl (C=O) groups excluding carboxylic acids is 1. The van der Waals surface area contributed by atoms with Crippen molar-refractivity contribution in [1.29, 1.82) is 0 Å². The second-order valence-electron chi connectivity index (χ2n) is 7.93. The summed E-state index contributed by atoms with van der Waals surface area (Å²) in [5.74, 6) is -0.255. The quantitative estimate of drug-likeness (QED) is 0.482. The first-order valence-corrected chi connectivity index (χ1v) is 10.5. The van der Waals surface area contributed by atoms with Crippen molar-refractivity contribution in [1.82, 2.24) is 15.5 Å². The molecule has 0 amide bonds. The number of hydrogen-bond acceptors (Lipinski definition) is 6. The van der Waals surface area contributed by atoms with Gasteiger partial charge in [0.05, 0.1) is 13.7 Å². The van der Waals surface area contributed by atoms with Gasteiger partial charge < -0.3 is 20.5 Å². The summed E-state index contributed by atoms with van der Waals surface area (Å²) >= 11 is 0. The molecule has 6 nitrogen and oxygen atoms in total. The number of methoxy groups -OCH3 is 1. The van der Waals surface area contributed by atoms with Gasteiger partial charge in [-0.25, -0.2) is 4.39 Å². The van der Waals surface area contributed by atoms with Gasteiger partial charge >= 0.3 is 5.97 Å². The topological polar surface area (TPSA) is 73.8 Å². The second kappa shape index (κ2) is 12.2. The summed E-state index contributed by atoms with van der Waals surface area (Å²) in [7, 11) is 5.23. The molecule has 1 fully saturated rings. The Morgan fingerprint density at radius 2 is 1.97 bits per heavy atom. The molecule has 0 saturated heterocycles. The Hall–Kier alpha value is -1.54. The third-order valence-corrected chi connectivity index (χ3v) is 6.09. The monoisotopic (exact) mass is 409 g/mol. The Balaban J connectivity index is 2.15. The highest BCUT2D eigenvalue weighted by Gasteiger charge is 2.33. The van der Waals surface area contributed by atoms with Crippen LogP contribution < -0.4 is 10.6 Å². The number of hydrogen-bond donors (Lipinski definition) is 3. The fraction of sp³-hybridized carbons (Fsp3) is 0.682. The van der Waals surface area contributed by atoms with Crippen molar-refractivity contribution in [2.24, 2.45) is 5.92 Å². The number of rotatable bonds is 11. The Bertz CT molecular complexity index is 614. The number of nitrogens with zero attached hydrogens (tertiary/aromatic N) is 1. The lowest BCUT2D eigenvalue weighted by Crippen LogP contribution is -2.54. The van der Waals surface area contributed by atoms with E-state index in [1.54, 1.807) is 12.1 Å². The highest BCUT2D eigenvalue weighted by molar-refractivity contribution is 5.75. The molecule has 0 heterocycles. The first-order chi connectivity index (χ1) is 14.0. The SMILES string of the molecule is CN[C@@H](Cc1ccc(F)cc1)CN(C[C@@H]1CCCC[C@H]1NC)[C@@H](CO)C(=O)OC. The number of aliphatic hydroxyl groups excluding tert-OH is 1. The van der Waals surface area contributed by atoms with Crippen LogP contribution in [0.4, 0.5) is 4.39 Å². The molecule has 1 aromatic carbocycles. The van der Waals surface area contributed by atoms with Gasteiger partial charge in [0.1, 0.15) is 11.9 Å². The minimum absolute atomic E-state index is 0.0517. The van der Waals surface area contributed by atoms with E-state index < -0.39 is 12.0 Å². The molecule has 1 saturated carbocycles. The standard InChI is InChI=1S/C22H36FN3O3/c1-24-19(12-16-8-10-18(23)11-9-16)14-26(21(15-27)22(28)29-3)13-17-6-4-5-7-20(17)25-2/h8-11,17,19-21,24-25,27H,4-7,12-15H2,1-3H3/t17-,19-,20+,21-/m0/s1. The zero-order chi connectivity index (χ0) is 21.2. The second-order valence-corrected chi connectivity index (χ2v) is 7.93. The molecule has 0 unspecified atom stereocenters. The van der Waals surface area contributed by atoms with Gasteiger partial charge in [-0.05, 0) is 57.0 Å². The summed E-state index contributed by atoms with van der Waals surface area (Å²) < 4.78 is 18.2. The fourth-order valence-corrected chi connectivity index (χ4v) is 4.36. The molecule has 1 aliphatic carbocycles. The predicted octanol–water partition coefficient (Wildman–Crippen LogP) is 1.57. The van der Waals surface area contributed by atoms with Crippen molar-refractivity contribution in [2.75, 3.05) is 40.9 Å². The maximum absolute atomic E-state index is 13.2. The van der Waals surface area contributed by atoms with Crippen LogP contribution in [0.25, 0.3) is 0 Å². The summed E-state index contributed by atoms with van der Waals surface area (Å²) in [6, 6.07) is 6.26. The normalized spacial score (nSPS) is 21.7. The van der Waals surface area contributed by atoms with Crippen LogP contribution in [-0.2, 0) is 16.0 Å². The van der Waals surface area contributed by atoms with Gasteiger partial charge in [0, 0.05) is 25.2 Å². The molecule has 1 aromatic rings. The predicted molar refractivity (Wildman–Crippen MR) is 112 cm³/mol. The van der Waals surface area contributed by atoms with Gasteiger partial charge in [0.25, 0.3) is 0 Å². The van der Waals surface area contributed by atoms with Crippen molar-refractivity contribution < 1.29 is 19.0 Å². The first kappa shape index (κ1) is 23.7. The Labute approximate surface area is 173 Å². The summed E-state index contributed by atoms with van der Waals surface area (Å²) in [5, 5.41) is 16.7. The molecule has 0 aromatic heterocycles. The van der Waals surface area contributed by atoms with Gasteiger partial charge in [-0.15, -0.1) is 0 Å². The zero-order valence-electron chi connectivity index (χ0n) is 17.9. The maximum Gasteiger partial charge on any atom is 0.325 e. The Morgan fingerprint density at radius 1 is 1.28 bits per heavy atom. The summed E-state index contributed by atoms with van der Waals surface area (Å²) in [5.41, 5.74) is 1.02. The molecule has 4 atom stereocenters. The number of carbonyl (C=O) groups is 1. The third kappa shape index (κ3) is 7.03. The molecule has 0 radical (unpaired) electrons. The maximum atomic E-state index is 13.2. The van der Waals surface area contributed by atoms with E-state index in [1.807, 2.05) is 14.1 Å². The number of benzene rings is 1. The summed E-state index contributed by atoms with van der Waals surface area (Å²) in [6.45, 7) is 1.02. The number of nitrogens with one attached hydrogen (secondary N) is 2. The van der Waals surface area contributed by atoms with Gasteiger partial charge in [-0.2, -0.15) is 0 Å². The molecule has 0 aliphatic heterocycles. The molecule has 0 spiro atoms. The number of ether oxygens (including phenoxy) is 1. The lowest BCUT2D eigenvalue weighted by atomic mass is 9.84. The largest absolute Gasteiger partial charge is 0.468 e. The van der Waals surface area contributed by atoms with Crippen LogP contribution in [0.15, 0.2) is 24.3 Å². The highest BCUT2D eigenvalue weighted by atomic mass is 19.1. The number of aliphatic hydroxyl groups is 1. The Morgan fingerprint density at radius 3 is 2.55 bits per heavy atom. The van der Waals surface area contributed by atoms with Crippen LogP contribution >= 0.6 is 0 Å². The van der Waals surface area contributed by atoms with E-state index in [1.165, 1.54) is 32.1 Å². The third-order valence-electron chi connectivity index (χ3n) is 6.09. The van der Waals surface area contributed by atoms with E-state index >= 15 is 0 Å². The molecule has 164 valence electrons. The van der Waals surface area contributed by atoms with Crippen LogP contribution in [0, 0.1) is 11.7 Å². The van der Waals surface area contributed by atoms with Crippen molar-refractivity contribution in [3.05, 3.63) is 35.6 Å². The minimum atomic E-state index is -0.691.